The summed E-state index contributed by atoms with van der Waals surface area (Å²) in [6.45, 7) is 4.76. The van der Waals surface area contributed by atoms with E-state index in [0.29, 0.717) is 13.2 Å². The van der Waals surface area contributed by atoms with Gasteiger partial charge in [0.05, 0.1) is 39.7 Å². The van der Waals surface area contributed by atoms with Crippen LogP contribution < -0.4 is 5.32 Å². The summed E-state index contributed by atoms with van der Waals surface area (Å²) in [7, 11) is 7.24. The number of amides is 1. The predicted molar refractivity (Wildman–Crippen MR) is 69.6 cm³/mol. The van der Waals surface area contributed by atoms with E-state index in [1.807, 2.05) is 20.9 Å². The fourth-order valence-corrected chi connectivity index (χ4v) is 1.98. The van der Waals surface area contributed by atoms with Gasteiger partial charge in [-0.05, 0) is 13.4 Å². The molecule has 100 valence electrons. The summed E-state index contributed by atoms with van der Waals surface area (Å²) >= 11 is 0. The summed E-state index contributed by atoms with van der Waals surface area (Å²) in [6.07, 6.45) is -0.0850. The number of carbonyl (C=O) groups excluding carboxylic acids is 2. The van der Waals surface area contributed by atoms with Gasteiger partial charge in [0.25, 0.3) is 0 Å². The van der Waals surface area contributed by atoms with Gasteiger partial charge in [-0.25, -0.2) is 0 Å². The van der Waals surface area contributed by atoms with Gasteiger partial charge in [-0.15, -0.1) is 0 Å². The zero-order valence-electron chi connectivity index (χ0n) is 11.3. The molecule has 0 saturated carbocycles. The van der Waals surface area contributed by atoms with Crippen molar-refractivity contribution in [2.24, 2.45) is 5.92 Å². The Balaban J connectivity index is 2.78. The number of hydrogen-bond donors (Lipinski definition) is 1. The fraction of sp³-hybridized carbons (Fsp3) is 0.833. The molecular formula is C12H21BN2O3. The molecule has 2 unspecified atom stereocenters. The van der Waals surface area contributed by atoms with Crippen LogP contribution in [0.3, 0.4) is 0 Å². The van der Waals surface area contributed by atoms with Crippen molar-refractivity contribution in [3.8, 4) is 0 Å². The van der Waals surface area contributed by atoms with E-state index in [-0.39, 0.29) is 42.6 Å². The summed E-state index contributed by atoms with van der Waals surface area (Å²) < 4.78 is 5.37. The summed E-state index contributed by atoms with van der Waals surface area (Å²) in [5, 5.41) is 3.10. The second-order valence-corrected chi connectivity index (χ2v) is 4.85. The maximum absolute atomic E-state index is 11.9. The number of nitrogens with one attached hydrogen (secondary N) is 1. The lowest BCUT2D eigenvalue weighted by Gasteiger charge is -2.31. The Labute approximate surface area is 110 Å². The van der Waals surface area contributed by atoms with Crippen molar-refractivity contribution in [2.75, 3.05) is 26.8 Å². The van der Waals surface area contributed by atoms with Crippen LogP contribution in [0.15, 0.2) is 0 Å². The van der Waals surface area contributed by atoms with Crippen molar-refractivity contribution in [3.05, 3.63) is 0 Å². The van der Waals surface area contributed by atoms with E-state index in [1.54, 1.807) is 4.90 Å². The molecule has 1 N–H and O–H groups in total. The monoisotopic (exact) mass is 252 g/mol. The number of ketones is 1. The highest BCUT2D eigenvalue weighted by molar-refractivity contribution is 6.19. The topological polar surface area (TPSA) is 58.6 Å². The van der Waals surface area contributed by atoms with E-state index in [4.69, 9.17) is 12.6 Å². The molecule has 1 fully saturated rings. The molecule has 1 rings (SSSR count). The van der Waals surface area contributed by atoms with Crippen molar-refractivity contribution in [1.29, 1.82) is 0 Å². The van der Waals surface area contributed by atoms with E-state index >= 15 is 0 Å². The van der Waals surface area contributed by atoms with Crippen LogP contribution in [-0.2, 0) is 14.3 Å². The molecule has 1 aliphatic heterocycles. The Hall–Kier alpha value is -0.875. The normalized spacial score (nSPS) is 23.3. The summed E-state index contributed by atoms with van der Waals surface area (Å²) in [6, 6.07) is -0.0609. The third-order valence-electron chi connectivity index (χ3n) is 3.29. The number of hydrogen-bond acceptors (Lipinski definition) is 4. The van der Waals surface area contributed by atoms with Gasteiger partial charge in [-0.1, -0.05) is 13.8 Å². The molecule has 1 heterocycles. The van der Waals surface area contributed by atoms with Crippen LogP contribution in [0.1, 0.15) is 13.8 Å². The lowest BCUT2D eigenvalue weighted by Crippen LogP contribution is -2.52. The Bertz CT molecular complexity index is 310. The minimum atomic E-state index is -0.209. The summed E-state index contributed by atoms with van der Waals surface area (Å²) in [5.41, 5.74) is 0. The highest BCUT2D eigenvalue weighted by atomic mass is 16.5. The average Bonchev–Trinajstić information content (AvgIpc) is 2.82. The van der Waals surface area contributed by atoms with Crippen molar-refractivity contribution >= 4 is 19.5 Å². The Morgan fingerprint density at radius 1 is 1.44 bits per heavy atom. The molecule has 2 atom stereocenters. The minimum Gasteiger partial charge on any atom is -0.378 e. The molecule has 1 aliphatic rings. The summed E-state index contributed by atoms with van der Waals surface area (Å²) in [4.78, 5) is 25.3. The number of nitrogens with zero attached hydrogens (tertiary/aromatic N) is 1. The first-order valence-corrected chi connectivity index (χ1v) is 6.28. The maximum atomic E-state index is 11.9. The molecule has 2 radical (unpaired) electrons. The van der Waals surface area contributed by atoms with Crippen molar-refractivity contribution in [1.82, 2.24) is 10.2 Å². The molecule has 0 bridgehead atoms. The molecule has 0 spiro atoms. The molecular weight excluding hydrogens is 231 g/mol. The minimum absolute atomic E-state index is 0.0403. The molecule has 0 aromatic heterocycles. The van der Waals surface area contributed by atoms with Crippen LogP contribution >= 0.6 is 0 Å². The highest BCUT2D eigenvalue weighted by Crippen LogP contribution is 2.15. The number of ether oxygens (including phenoxy) is 1. The largest absolute Gasteiger partial charge is 0.378 e. The Morgan fingerprint density at radius 3 is 2.61 bits per heavy atom. The lowest BCUT2D eigenvalue weighted by atomic mass is 10.00. The molecule has 0 aromatic carbocycles. The number of Topliss-reactive ketones (excluding diaryl/α,β-unsaturated/α-hetero) is 1. The first-order chi connectivity index (χ1) is 8.51. The average molecular weight is 252 g/mol. The van der Waals surface area contributed by atoms with Gasteiger partial charge in [0.1, 0.15) is 0 Å². The van der Waals surface area contributed by atoms with Gasteiger partial charge in [0.15, 0.2) is 5.78 Å². The first kappa shape index (κ1) is 15.2. The molecule has 0 aliphatic carbocycles. The van der Waals surface area contributed by atoms with Gasteiger partial charge in [-0.2, -0.15) is 0 Å². The van der Waals surface area contributed by atoms with Gasteiger partial charge in [-0.3, -0.25) is 9.59 Å². The number of carbonyl (C=O) groups is 2. The predicted octanol–water partition coefficient (Wildman–Crippen LogP) is -0.386. The first-order valence-electron chi connectivity index (χ1n) is 6.28. The van der Waals surface area contributed by atoms with Crippen LogP contribution in [0.5, 0.6) is 0 Å². The van der Waals surface area contributed by atoms with Gasteiger partial charge < -0.3 is 15.0 Å². The van der Waals surface area contributed by atoms with Gasteiger partial charge >= 0.3 is 0 Å². The SMILES string of the molecule is [B]CC(=O)N(CC(=O)C(C)C)C1COCC1NC. The molecule has 1 amide bonds. The smallest absolute Gasteiger partial charge is 0.214 e. The number of likely N-dealkylation sites (N-methyl/N-ethyl adjacent to an activating group) is 1. The van der Waals surface area contributed by atoms with E-state index in [9.17, 15) is 9.59 Å². The van der Waals surface area contributed by atoms with Crippen molar-refractivity contribution in [3.63, 3.8) is 0 Å². The Kier molecular flexibility index (Phi) is 5.82. The van der Waals surface area contributed by atoms with Gasteiger partial charge in [0, 0.05) is 5.92 Å². The quantitative estimate of drug-likeness (QED) is 0.654. The molecule has 1 saturated heterocycles. The van der Waals surface area contributed by atoms with Crippen LogP contribution in [0.2, 0.25) is 6.32 Å². The van der Waals surface area contributed by atoms with Crippen LogP contribution in [-0.4, -0.2) is 63.3 Å². The van der Waals surface area contributed by atoms with Crippen molar-refractivity contribution < 1.29 is 14.3 Å². The Morgan fingerprint density at radius 2 is 2.11 bits per heavy atom. The van der Waals surface area contributed by atoms with Crippen molar-refractivity contribution in [2.45, 2.75) is 32.3 Å². The third-order valence-corrected chi connectivity index (χ3v) is 3.29. The molecule has 0 aromatic rings. The molecule has 18 heavy (non-hydrogen) atoms. The maximum Gasteiger partial charge on any atom is 0.214 e. The van der Waals surface area contributed by atoms with E-state index in [0.717, 1.165) is 0 Å². The highest BCUT2D eigenvalue weighted by Gasteiger charge is 2.35. The molecule has 5 nitrogen and oxygen atoms in total. The van der Waals surface area contributed by atoms with E-state index < -0.39 is 0 Å². The summed E-state index contributed by atoms with van der Waals surface area (Å²) in [5.74, 6) is -0.258. The van der Waals surface area contributed by atoms with Crippen LogP contribution in [0, 0.1) is 5.92 Å². The zero-order chi connectivity index (χ0) is 13.7. The second-order valence-electron chi connectivity index (χ2n) is 4.85. The van der Waals surface area contributed by atoms with Crippen LogP contribution in [0.25, 0.3) is 0 Å². The van der Waals surface area contributed by atoms with Gasteiger partial charge in [0.2, 0.25) is 5.91 Å². The lowest BCUT2D eigenvalue weighted by molar-refractivity contribution is -0.137. The molecule has 6 heteroatoms. The second kappa shape index (κ2) is 6.90. The van der Waals surface area contributed by atoms with E-state index in [2.05, 4.69) is 5.32 Å². The number of rotatable bonds is 6. The van der Waals surface area contributed by atoms with Crippen LogP contribution in [0.4, 0.5) is 0 Å². The third kappa shape index (κ3) is 3.56. The fourth-order valence-electron chi connectivity index (χ4n) is 1.98. The van der Waals surface area contributed by atoms with E-state index in [1.165, 1.54) is 0 Å². The standard InChI is InChI=1S/C12H21BN2O3/c1-8(2)11(16)5-15(12(17)4-13)10-7-18-6-9(10)14-3/h8-10,14H,4-7H2,1-3H3. The zero-order valence-corrected chi connectivity index (χ0v) is 11.3.